The smallest absolute Gasteiger partial charge is 0.118 e. The normalized spacial score (nSPS) is 21.0. The Morgan fingerprint density at radius 2 is 2.33 bits per heavy atom. The molecule has 0 unspecified atom stereocenters. The van der Waals surface area contributed by atoms with Crippen LogP contribution in [0, 0.1) is 0 Å². The summed E-state index contributed by atoms with van der Waals surface area (Å²) in [6.07, 6.45) is 4.33. The number of rotatable bonds is 3. The molecule has 84 valence electrons. The van der Waals surface area contributed by atoms with E-state index in [1.165, 1.54) is 19.4 Å². The average molecular weight is 208 g/mol. The van der Waals surface area contributed by atoms with Crippen molar-refractivity contribution in [1.82, 2.24) is 4.90 Å². The van der Waals surface area contributed by atoms with Crippen molar-refractivity contribution >= 4 is 0 Å². The van der Waals surface area contributed by atoms with Crippen LogP contribution in [0.5, 0.6) is 0 Å². The maximum Gasteiger partial charge on any atom is 0.118 e. The van der Waals surface area contributed by atoms with Crippen molar-refractivity contribution < 1.29 is 4.42 Å². The number of nitrogens with zero attached hydrogens (tertiary/aromatic N) is 1. The third-order valence-electron chi connectivity index (χ3n) is 3.36. The summed E-state index contributed by atoms with van der Waals surface area (Å²) in [5.74, 6) is 1.03. The summed E-state index contributed by atoms with van der Waals surface area (Å²) in [6, 6.07) is 2.06. The van der Waals surface area contributed by atoms with Crippen LogP contribution in [0.15, 0.2) is 16.7 Å². The SMILES string of the molecule is CC1(C)CCCN1Cc1cc(CN)co1. The molecular formula is C12H20N2O. The Kier molecular flexibility index (Phi) is 2.85. The first-order valence-corrected chi connectivity index (χ1v) is 5.63. The van der Waals surface area contributed by atoms with Crippen molar-refractivity contribution in [1.29, 1.82) is 0 Å². The topological polar surface area (TPSA) is 42.4 Å². The number of furan rings is 1. The molecule has 3 nitrogen and oxygen atoms in total. The van der Waals surface area contributed by atoms with Crippen molar-refractivity contribution in [3.8, 4) is 0 Å². The molecule has 15 heavy (non-hydrogen) atoms. The Morgan fingerprint density at radius 1 is 1.53 bits per heavy atom. The predicted molar refractivity (Wildman–Crippen MR) is 60.3 cm³/mol. The van der Waals surface area contributed by atoms with Crippen molar-refractivity contribution in [3.63, 3.8) is 0 Å². The second-order valence-corrected chi connectivity index (χ2v) is 4.96. The molecule has 0 atom stereocenters. The van der Waals surface area contributed by atoms with Gasteiger partial charge in [-0.05, 0) is 39.3 Å². The number of likely N-dealkylation sites (tertiary alicyclic amines) is 1. The van der Waals surface area contributed by atoms with Crippen LogP contribution >= 0.6 is 0 Å². The molecule has 0 bridgehead atoms. The standard InChI is InChI=1S/C12H20N2O/c1-12(2)4-3-5-14(12)8-11-6-10(7-13)9-15-11/h6,9H,3-5,7-8,13H2,1-2H3. The van der Waals surface area contributed by atoms with E-state index < -0.39 is 0 Å². The van der Waals surface area contributed by atoms with Gasteiger partial charge < -0.3 is 10.2 Å². The van der Waals surface area contributed by atoms with Gasteiger partial charge in [0.2, 0.25) is 0 Å². The molecule has 0 aromatic carbocycles. The van der Waals surface area contributed by atoms with E-state index in [1.807, 2.05) is 0 Å². The van der Waals surface area contributed by atoms with Gasteiger partial charge in [0.1, 0.15) is 5.76 Å². The van der Waals surface area contributed by atoms with Gasteiger partial charge in [0.25, 0.3) is 0 Å². The second kappa shape index (κ2) is 3.99. The van der Waals surface area contributed by atoms with Crippen molar-refractivity contribution in [2.45, 2.75) is 45.3 Å². The van der Waals surface area contributed by atoms with Gasteiger partial charge in [0, 0.05) is 17.6 Å². The highest BCUT2D eigenvalue weighted by Gasteiger charge is 2.32. The molecule has 2 N–H and O–H groups in total. The van der Waals surface area contributed by atoms with Crippen LogP contribution in [0.4, 0.5) is 0 Å². The Hall–Kier alpha value is -0.800. The molecule has 1 aliphatic heterocycles. The largest absolute Gasteiger partial charge is 0.468 e. The van der Waals surface area contributed by atoms with Crippen LogP contribution in [-0.2, 0) is 13.1 Å². The maximum absolute atomic E-state index is 5.55. The summed E-state index contributed by atoms with van der Waals surface area (Å²) in [6.45, 7) is 7.24. The first-order chi connectivity index (χ1) is 7.12. The lowest BCUT2D eigenvalue weighted by Crippen LogP contribution is -2.37. The number of nitrogens with two attached hydrogens (primary N) is 1. The monoisotopic (exact) mass is 208 g/mol. The zero-order chi connectivity index (χ0) is 10.9. The van der Waals surface area contributed by atoms with Gasteiger partial charge in [-0.15, -0.1) is 0 Å². The summed E-state index contributed by atoms with van der Waals surface area (Å²) in [5, 5.41) is 0. The number of hydrogen-bond acceptors (Lipinski definition) is 3. The summed E-state index contributed by atoms with van der Waals surface area (Å²) >= 11 is 0. The van der Waals surface area contributed by atoms with Crippen molar-refractivity contribution in [2.75, 3.05) is 6.54 Å². The van der Waals surface area contributed by atoms with E-state index in [0.717, 1.165) is 17.9 Å². The lowest BCUT2D eigenvalue weighted by Gasteiger charge is -2.30. The van der Waals surface area contributed by atoms with E-state index in [-0.39, 0.29) is 0 Å². The van der Waals surface area contributed by atoms with Crippen LogP contribution in [0.3, 0.4) is 0 Å². The Balaban J connectivity index is 2.02. The minimum Gasteiger partial charge on any atom is -0.468 e. The minimum absolute atomic E-state index is 0.315. The van der Waals surface area contributed by atoms with Gasteiger partial charge >= 0.3 is 0 Å². The highest BCUT2D eigenvalue weighted by molar-refractivity contribution is 5.12. The summed E-state index contributed by atoms with van der Waals surface area (Å²) in [4.78, 5) is 2.48. The fraction of sp³-hybridized carbons (Fsp3) is 0.667. The van der Waals surface area contributed by atoms with Gasteiger partial charge in [-0.2, -0.15) is 0 Å². The van der Waals surface area contributed by atoms with Gasteiger partial charge in [0.15, 0.2) is 0 Å². The minimum atomic E-state index is 0.315. The summed E-state index contributed by atoms with van der Waals surface area (Å²) in [5.41, 5.74) is 6.95. The molecular weight excluding hydrogens is 188 g/mol. The van der Waals surface area contributed by atoms with E-state index in [4.69, 9.17) is 10.2 Å². The highest BCUT2D eigenvalue weighted by Crippen LogP contribution is 2.29. The molecule has 1 aromatic rings. The molecule has 0 saturated carbocycles. The number of hydrogen-bond donors (Lipinski definition) is 1. The van der Waals surface area contributed by atoms with Crippen LogP contribution in [0.2, 0.25) is 0 Å². The van der Waals surface area contributed by atoms with E-state index in [2.05, 4.69) is 24.8 Å². The molecule has 0 spiro atoms. The highest BCUT2D eigenvalue weighted by atomic mass is 16.3. The third kappa shape index (κ3) is 2.24. The third-order valence-corrected chi connectivity index (χ3v) is 3.36. The molecule has 0 radical (unpaired) electrons. The lowest BCUT2D eigenvalue weighted by molar-refractivity contribution is 0.154. The molecule has 2 heterocycles. The fourth-order valence-electron chi connectivity index (χ4n) is 2.26. The first-order valence-electron chi connectivity index (χ1n) is 5.63. The van der Waals surface area contributed by atoms with Crippen LogP contribution < -0.4 is 5.73 Å². The Labute approximate surface area is 91.2 Å². The zero-order valence-corrected chi connectivity index (χ0v) is 9.62. The van der Waals surface area contributed by atoms with Gasteiger partial charge in [-0.25, -0.2) is 0 Å². The van der Waals surface area contributed by atoms with Crippen molar-refractivity contribution in [2.24, 2.45) is 5.73 Å². The summed E-state index contributed by atoms with van der Waals surface area (Å²) in [7, 11) is 0. The van der Waals surface area contributed by atoms with Gasteiger partial charge in [-0.3, -0.25) is 4.90 Å². The molecule has 0 amide bonds. The molecule has 3 heteroatoms. The van der Waals surface area contributed by atoms with Crippen LogP contribution in [0.25, 0.3) is 0 Å². The molecule has 1 aromatic heterocycles. The molecule has 1 aliphatic rings. The van der Waals surface area contributed by atoms with Crippen molar-refractivity contribution in [3.05, 3.63) is 23.7 Å². The summed E-state index contributed by atoms with van der Waals surface area (Å²) < 4.78 is 5.49. The van der Waals surface area contributed by atoms with Crippen LogP contribution in [0.1, 0.15) is 38.0 Å². The maximum atomic E-state index is 5.55. The second-order valence-electron chi connectivity index (χ2n) is 4.96. The molecule has 1 fully saturated rings. The lowest BCUT2D eigenvalue weighted by atomic mass is 10.0. The Bertz CT molecular complexity index is 330. The van der Waals surface area contributed by atoms with E-state index >= 15 is 0 Å². The van der Waals surface area contributed by atoms with Gasteiger partial charge in [0.05, 0.1) is 12.8 Å². The predicted octanol–water partition coefficient (Wildman–Crippen LogP) is 2.11. The quantitative estimate of drug-likeness (QED) is 0.827. The molecule has 1 saturated heterocycles. The first kappa shape index (κ1) is 10.7. The Morgan fingerprint density at radius 3 is 2.87 bits per heavy atom. The van der Waals surface area contributed by atoms with E-state index in [9.17, 15) is 0 Å². The van der Waals surface area contributed by atoms with Gasteiger partial charge in [-0.1, -0.05) is 0 Å². The fourth-order valence-corrected chi connectivity index (χ4v) is 2.26. The average Bonchev–Trinajstić information content (AvgIpc) is 2.75. The zero-order valence-electron chi connectivity index (χ0n) is 9.62. The van der Waals surface area contributed by atoms with Crippen LogP contribution in [-0.4, -0.2) is 17.0 Å². The molecule has 0 aliphatic carbocycles. The van der Waals surface area contributed by atoms with E-state index in [1.54, 1.807) is 6.26 Å². The van der Waals surface area contributed by atoms with E-state index in [0.29, 0.717) is 12.1 Å². The molecule has 2 rings (SSSR count).